The van der Waals surface area contributed by atoms with Gasteiger partial charge in [-0.2, -0.15) is 0 Å². The third kappa shape index (κ3) is 4.48. The molecule has 1 saturated carbocycles. The first-order valence-corrected chi connectivity index (χ1v) is 7.69. The monoisotopic (exact) mass is 318 g/mol. The van der Waals surface area contributed by atoms with Crippen LogP contribution in [0.15, 0.2) is 0 Å². The smallest absolute Gasteiger partial charge is 0.317 e. The second kappa shape index (κ2) is 8.44. The lowest BCUT2D eigenvalue weighted by Crippen LogP contribution is -2.44. The molecule has 0 spiro atoms. The molecule has 1 heterocycles. The summed E-state index contributed by atoms with van der Waals surface area (Å²) >= 11 is 0. The number of nitrogens with one attached hydrogen (secondary N) is 2. The summed E-state index contributed by atoms with van der Waals surface area (Å²) in [6.07, 6.45) is 3.93. The maximum atomic E-state index is 12.3. The molecule has 2 fully saturated rings. The molecule has 1 aliphatic heterocycles. The van der Waals surface area contributed by atoms with E-state index in [4.69, 9.17) is 5.73 Å². The molecular weight excluding hydrogens is 292 g/mol. The molecule has 2 aliphatic rings. The molecule has 3 amide bonds. The Morgan fingerprint density at radius 3 is 2.71 bits per heavy atom. The van der Waals surface area contributed by atoms with Crippen LogP contribution in [0.2, 0.25) is 0 Å². The summed E-state index contributed by atoms with van der Waals surface area (Å²) in [6.45, 7) is 4.44. The zero-order valence-electron chi connectivity index (χ0n) is 12.6. The quantitative estimate of drug-likeness (QED) is 0.713. The minimum Gasteiger partial charge on any atom is -0.351 e. The lowest BCUT2D eigenvalue weighted by molar-refractivity contribution is -0.126. The summed E-state index contributed by atoms with van der Waals surface area (Å²) in [7, 11) is 0. The van der Waals surface area contributed by atoms with Gasteiger partial charge in [0.1, 0.15) is 0 Å². The van der Waals surface area contributed by atoms with Gasteiger partial charge in [0.15, 0.2) is 0 Å². The third-order valence-corrected chi connectivity index (χ3v) is 4.45. The minimum atomic E-state index is -0.0371. The van der Waals surface area contributed by atoms with Crippen molar-refractivity contribution in [3.63, 3.8) is 0 Å². The number of nitrogens with zero attached hydrogens (tertiary/aromatic N) is 1. The maximum Gasteiger partial charge on any atom is 0.317 e. The first kappa shape index (κ1) is 18.0. The first-order valence-electron chi connectivity index (χ1n) is 7.69. The molecule has 1 saturated heterocycles. The van der Waals surface area contributed by atoms with Crippen molar-refractivity contribution in [3.8, 4) is 0 Å². The van der Waals surface area contributed by atoms with Gasteiger partial charge in [-0.15, -0.1) is 12.4 Å². The van der Waals surface area contributed by atoms with Gasteiger partial charge in [0.2, 0.25) is 5.91 Å². The van der Waals surface area contributed by atoms with Crippen LogP contribution in [-0.4, -0.2) is 49.1 Å². The fraction of sp³-hybridized carbons (Fsp3) is 0.857. The van der Waals surface area contributed by atoms with E-state index in [-0.39, 0.29) is 36.3 Å². The topological polar surface area (TPSA) is 87.5 Å². The largest absolute Gasteiger partial charge is 0.351 e. The zero-order chi connectivity index (χ0) is 14.5. The standard InChI is InChI=1S/C14H26N4O2.ClH/c1-2-16-14(20)18-7-6-11(9-18)17-13(19)12-5-3-4-10(12)8-15;/h10-12H,2-9,15H2,1H3,(H,16,20)(H,17,19);1H/t10-,11?,12-;/m1./s1. The second-order valence-electron chi connectivity index (χ2n) is 5.81. The molecule has 7 heteroatoms. The van der Waals surface area contributed by atoms with E-state index in [1.54, 1.807) is 4.90 Å². The number of halogens is 1. The molecule has 0 radical (unpaired) electrons. The highest BCUT2D eigenvalue weighted by Crippen LogP contribution is 2.31. The number of rotatable bonds is 4. The highest BCUT2D eigenvalue weighted by Gasteiger charge is 2.34. The lowest BCUT2D eigenvalue weighted by atomic mass is 9.95. The molecule has 21 heavy (non-hydrogen) atoms. The zero-order valence-corrected chi connectivity index (χ0v) is 13.5. The third-order valence-electron chi connectivity index (χ3n) is 4.45. The van der Waals surface area contributed by atoms with Crippen LogP contribution in [-0.2, 0) is 4.79 Å². The minimum absolute atomic E-state index is 0. The van der Waals surface area contributed by atoms with Crippen molar-refractivity contribution in [2.75, 3.05) is 26.2 Å². The van der Waals surface area contributed by atoms with Crippen LogP contribution in [0.1, 0.15) is 32.6 Å². The van der Waals surface area contributed by atoms with Crippen LogP contribution in [0.4, 0.5) is 4.79 Å². The van der Waals surface area contributed by atoms with Gasteiger partial charge < -0.3 is 21.3 Å². The van der Waals surface area contributed by atoms with Crippen LogP contribution >= 0.6 is 12.4 Å². The summed E-state index contributed by atoms with van der Waals surface area (Å²) in [6, 6.07) is 0.0501. The highest BCUT2D eigenvalue weighted by molar-refractivity contribution is 5.85. The predicted octanol–water partition coefficient (Wildman–Crippen LogP) is 0.703. The summed E-state index contributed by atoms with van der Waals surface area (Å²) in [5.41, 5.74) is 5.72. The fourth-order valence-corrected chi connectivity index (χ4v) is 3.30. The number of hydrogen-bond donors (Lipinski definition) is 3. The Labute approximate surface area is 132 Å². The number of urea groups is 1. The van der Waals surface area contributed by atoms with Crippen LogP contribution < -0.4 is 16.4 Å². The number of hydrogen-bond acceptors (Lipinski definition) is 3. The van der Waals surface area contributed by atoms with E-state index in [2.05, 4.69) is 10.6 Å². The molecule has 6 nitrogen and oxygen atoms in total. The van der Waals surface area contributed by atoms with E-state index in [1.165, 1.54) is 0 Å². The predicted molar refractivity (Wildman–Crippen MR) is 84.3 cm³/mol. The molecular formula is C14H27ClN4O2. The first-order chi connectivity index (χ1) is 9.65. The van der Waals surface area contributed by atoms with Gasteiger partial charge in [-0.1, -0.05) is 6.42 Å². The Morgan fingerprint density at radius 2 is 2.05 bits per heavy atom. The molecule has 1 aliphatic carbocycles. The molecule has 0 aromatic rings. The Bertz CT molecular complexity index is 367. The van der Waals surface area contributed by atoms with Crippen LogP contribution in [0, 0.1) is 11.8 Å². The van der Waals surface area contributed by atoms with Crippen molar-refractivity contribution in [2.24, 2.45) is 17.6 Å². The maximum absolute atomic E-state index is 12.3. The number of carbonyl (C=O) groups excluding carboxylic acids is 2. The molecule has 122 valence electrons. The molecule has 3 atom stereocenters. The fourth-order valence-electron chi connectivity index (χ4n) is 3.30. The highest BCUT2D eigenvalue weighted by atomic mass is 35.5. The van der Waals surface area contributed by atoms with E-state index >= 15 is 0 Å². The van der Waals surface area contributed by atoms with E-state index in [1.807, 2.05) is 6.92 Å². The Hall–Kier alpha value is -1.01. The Morgan fingerprint density at radius 1 is 1.29 bits per heavy atom. The summed E-state index contributed by atoms with van der Waals surface area (Å²) < 4.78 is 0. The molecule has 1 unspecified atom stereocenters. The van der Waals surface area contributed by atoms with Gasteiger partial charge in [-0.3, -0.25) is 4.79 Å². The van der Waals surface area contributed by atoms with Gasteiger partial charge in [-0.05, 0) is 38.6 Å². The van der Waals surface area contributed by atoms with Gasteiger partial charge in [-0.25, -0.2) is 4.79 Å². The van der Waals surface area contributed by atoms with E-state index < -0.39 is 0 Å². The van der Waals surface area contributed by atoms with Crippen molar-refractivity contribution in [3.05, 3.63) is 0 Å². The van der Waals surface area contributed by atoms with Crippen LogP contribution in [0.3, 0.4) is 0 Å². The van der Waals surface area contributed by atoms with Crippen LogP contribution in [0.25, 0.3) is 0 Å². The van der Waals surface area contributed by atoms with E-state index in [0.29, 0.717) is 32.1 Å². The summed E-state index contributed by atoms with van der Waals surface area (Å²) in [4.78, 5) is 25.8. The van der Waals surface area contributed by atoms with Gasteiger partial charge in [0.25, 0.3) is 0 Å². The van der Waals surface area contributed by atoms with Crippen molar-refractivity contribution in [1.82, 2.24) is 15.5 Å². The molecule has 4 N–H and O–H groups in total. The normalized spacial score (nSPS) is 28.1. The molecule has 0 aromatic carbocycles. The van der Waals surface area contributed by atoms with Crippen molar-refractivity contribution < 1.29 is 9.59 Å². The van der Waals surface area contributed by atoms with E-state index in [9.17, 15) is 9.59 Å². The SMILES string of the molecule is CCNC(=O)N1CCC(NC(=O)[C@@H]2CCC[C@@H]2CN)C1.Cl. The number of nitrogens with two attached hydrogens (primary N) is 1. The number of amides is 3. The molecule has 0 bridgehead atoms. The Kier molecular flexibility index (Phi) is 7.25. The summed E-state index contributed by atoms with van der Waals surface area (Å²) in [5.74, 6) is 0.523. The lowest BCUT2D eigenvalue weighted by Gasteiger charge is -2.21. The van der Waals surface area contributed by atoms with Crippen LogP contribution in [0.5, 0.6) is 0 Å². The van der Waals surface area contributed by atoms with Crippen molar-refractivity contribution in [2.45, 2.75) is 38.6 Å². The van der Waals surface area contributed by atoms with Gasteiger partial charge in [0.05, 0.1) is 0 Å². The van der Waals surface area contributed by atoms with Crippen molar-refractivity contribution in [1.29, 1.82) is 0 Å². The second-order valence-corrected chi connectivity index (χ2v) is 5.81. The molecule has 0 aromatic heterocycles. The van der Waals surface area contributed by atoms with Gasteiger partial charge in [0, 0.05) is 31.6 Å². The van der Waals surface area contributed by atoms with Gasteiger partial charge >= 0.3 is 6.03 Å². The Balaban J connectivity index is 0.00000220. The molecule has 2 rings (SSSR count). The number of likely N-dealkylation sites (tertiary alicyclic amines) is 1. The summed E-state index contributed by atoms with van der Waals surface area (Å²) in [5, 5.41) is 5.89. The average molecular weight is 319 g/mol. The van der Waals surface area contributed by atoms with Crippen molar-refractivity contribution >= 4 is 24.3 Å². The average Bonchev–Trinajstić information content (AvgIpc) is 3.07. The van der Waals surface area contributed by atoms with E-state index in [0.717, 1.165) is 25.7 Å². The number of carbonyl (C=O) groups is 2.